The molecule has 5 nitrogen and oxygen atoms in total. The van der Waals surface area contributed by atoms with Gasteiger partial charge in [-0.1, -0.05) is 24.3 Å². The summed E-state index contributed by atoms with van der Waals surface area (Å²) in [6.45, 7) is 1.96. The van der Waals surface area contributed by atoms with E-state index < -0.39 is 0 Å². The van der Waals surface area contributed by atoms with Crippen LogP contribution in [-0.4, -0.2) is 18.9 Å². The van der Waals surface area contributed by atoms with Crippen LogP contribution in [0.4, 0.5) is 11.4 Å². The molecule has 2 rings (SSSR count). The molecule has 0 unspecified atom stereocenters. The van der Waals surface area contributed by atoms with Crippen molar-refractivity contribution < 1.29 is 14.3 Å². The SMILES string of the molecule is COCc1cccc(NC(=O)/C=C/c2ccc(NC(C)=O)cc2)c1. The van der Waals surface area contributed by atoms with E-state index in [2.05, 4.69) is 10.6 Å². The Balaban J connectivity index is 1.95. The molecule has 124 valence electrons. The Morgan fingerprint density at radius 2 is 1.79 bits per heavy atom. The van der Waals surface area contributed by atoms with Crippen LogP contribution in [0.15, 0.2) is 54.6 Å². The summed E-state index contributed by atoms with van der Waals surface area (Å²) in [5.74, 6) is -0.330. The maximum Gasteiger partial charge on any atom is 0.248 e. The van der Waals surface area contributed by atoms with Crippen molar-refractivity contribution >= 4 is 29.3 Å². The van der Waals surface area contributed by atoms with Crippen molar-refractivity contribution in [3.8, 4) is 0 Å². The Hall–Kier alpha value is -2.92. The van der Waals surface area contributed by atoms with Gasteiger partial charge in [0.05, 0.1) is 6.61 Å². The van der Waals surface area contributed by atoms with E-state index in [1.807, 2.05) is 36.4 Å². The number of carbonyl (C=O) groups is 2. The van der Waals surface area contributed by atoms with Crippen LogP contribution < -0.4 is 10.6 Å². The van der Waals surface area contributed by atoms with Crippen LogP contribution in [0.25, 0.3) is 6.08 Å². The summed E-state index contributed by atoms with van der Waals surface area (Å²) < 4.78 is 5.07. The minimum absolute atomic E-state index is 0.117. The second kappa shape index (κ2) is 8.64. The minimum atomic E-state index is -0.212. The molecule has 0 aliphatic rings. The molecule has 24 heavy (non-hydrogen) atoms. The lowest BCUT2D eigenvalue weighted by atomic mass is 10.2. The first-order valence-corrected chi connectivity index (χ1v) is 7.51. The molecule has 2 aromatic carbocycles. The third-order valence-corrected chi connectivity index (χ3v) is 3.16. The van der Waals surface area contributed by atoms with Gasteiger partial charge in [0, 0.05) is 31.5 Å². The number of rotatable bonds is 6. The monoisotopic (exact) mass is 324 g/mol. The van der Waals surface area contributed by atoms with Crippen LogP contribution in [0, 0.1) is 0 Å². The second-order valence-corrected chi connectivity index (χ2v) is 5.26. The number of amides is 2. The summed E-state index contributed by atoms with van der Waals surface area (Å²) in [6, 6.07) is 14.7. The van der Waals surface area contributed by atoms with Crippen molar-refractivity contribution in [1.29, 1.82) is 0 Å². The standard InChI is InChI=1S/C19H20N2O3/c1-14(22)20-17-9-6-15(7-10-17)8-11-19(23)21-18-5-3-4-16(12-18)13-24-2/h3-12H,13H2,1-2H3,(H,20,22)(H,21,23)/b11-8+. The number of ether oxygens (including phenoxy) is 1. The molecular weight excluding hydrogens is 304 g/mol. The van der Waals surface area contributed by atoms with E-state index in [-0.39, 0.29) is 11.8 Å². The van der Waals surface area contributed by atoms with Gasteiger partial charge in [0.1, 0.15) is 0 Å². The van der Waals surface area contributed by atoms with E-state index in [1.165, 1.54) is 13.0 Å². The van der Waals surface area contributed by atoms with Crippen molar-refractivity contribution in [3.05, 3.63) is 65.7 Å². The average Bonchev–Trinajstić information content (AvgIpc) is 2.54. The van der Waals surface area contributed by atoms with Gasteiger partial charge in [-0.3, -0.25) is 9.59 Å². The molecule has 2 aromatic rings. The van der Waals surface area contributed by atoms with E-state index in [4.69, 9.17) is 4.74 Å². The number of hydrogen-bond acceptors (Lipinski definition) is 3. The second-order valence-electron chi connectivity index (χ2n) is 5.26. The largest absolute Gasteiger partial charge is 0.380 e. The summed E-state index contributed by atoms with van der Waals surface area (Å²) in [6.07, 6.45) is 3.18. The average molecular weight is 324 g/mol. The van der Waals surface area contributed by atoms with Crippen molar-refractivity contribution in [2.24, 2.45) is 0 Å². The van der Waals surface area contributed by atoms with Crippen LogP contribution in [0.2, 0.25) is 0 Å². The van der Waals surface area contributed by atoms with Gasteiger partial charge in [-0.05, 0) is 41.5 Å². The fourth-order valence-corrected chi connectivity index (χ4v) is 2.14. The van der Waals surface area contributed by atoms with Crippen LogP contribution in [0.3, 0.4) is 0 Å². The molecule has 0 aliphatic carbocycles. The summed E-state index contributed by atoms with van der Waals surface area (Å²) in [5, 5.41) is 5.50. The van der Waals surface area contributed by atoms with Gasteiger partial charge in [-0.2, -0.15) is 0 Å². The van der Waals surface area contributed by atoms with Gasteiger partial charge in [0.2, 0.25) is 11.8 Å². The van der Waals surface area contributed by atoms with E-state index in [0.717, 1.165) is 22.5 Å². The van der Waals surface area contributed by atoms with E-state index >= 15 is 0 Å². The highest BCUT2D eigenvalue weighted by Gasteiger charge is 2.00. The highest BCUT2D eigenvalue weighted by atomic mass is 16.5. The van der Waals surface area contributed by atoms with Crippen LogP contribution >= 0.6 is 0 Å². The Labute approximate surface area is 141 Å². The first-order chi connectivity index (χ1) is 11.6. The van der Waals surface area contributed by atoms with Crippen LogP contribution in [0.1, 0.15) is 18.1 Å². The zero-order chi connectivity index (χ0) is 17.4. The molecule has 0 bridgehead atoms. The third-order valence-electron chi connectivity index (χ3n) is 3.16. The third kappa shape index (κ3) is 5.70. The van der Waals surface area contributed by atoms with Crippen molar-refractivity contribution in [2.75, 3.05) is 17.7 Å². The van der Waals surface area contributed by atoms with Gasteiger partial charge in [-0.25, -0.2) is 0 Å². The van der Waals surface area contributed by atoms with Gasteiger partial charge >= 0.3 is 0 Å². The fraction of sp³-hybridized carbons (Fsp3) is 0.158. The lowest BCUT2D eigenvalue weighted by molar-refractivity contribution is -0.114. The maximum absolute atomic E-state index is 12.0. The number of benzene rings is 2. The lowest BCUT2D eigenvalue weighted by Crippen LogP contribution is -2.08. The number of anilines is 2. The van der Waals surface area contributed by atoms with E-state index in [1.54, 1.807) is 25.3 Å². The highest BCUT2D eigenvalue weighted by Crippen LogP contribution is 2.13. The normalized spacial score (nSPS) is 10.6. The predicted molar refractivity (Wildman–Crippen MR) is 95.6 cm³/mol. The molecular formula is C19H20N2O3. The number of hydrogen-bond donors (Lipinski definition) is 2. The Morgan fingerprint density at radius 3 is 2.46 bits per heavy atom. The van der Waals surface area contributed by atoms with Crippen molar-refractivity contribution in [3.63, 3.8) is 0 Å². The molecule has 0 radical (unpaired) electrons. The fourth-order valence-electron chi connectivity index (χ4n) is 2.14. The van der Waals surface area contributed by atoms with Crippen molar-refractivity contribution in [1.82, 2.24) is 0 Å². The first kappa shape index (κ1) is 17.4. The molecule has 2 amide bonds. The molecule has 0 fully saturated rings. The molecule has 0 saturated heterocycles. The Morgan fingerprint density at radius 1 is 1.04 bits per heavy atom. The van der Waals surface area contributed by atoms with Gasteiger partial charge < -0.3 is 15.4 Å². The summed E-state index contributed by atoms with van der Waals surface area (Å²) in [4.78, 5) is 22.9. The highest BCUT2D eigenvalue weighted by molar-refractivity contribution is 6.02. The zero-order valence-corrected chi connectivity index (χ0v) is 13.7. The van der Waals surface area contributed by atoms with E-state index in [0.29, 0.717) is 6.61 Å². The van der Waals surface area contributed by atoms with Crippen LogP contribution in [0.5, 0.6) is 0 Å². The Bertz CT molecular complexity index is 737. The molecule has 0 aliphatic heterocycles. The zero-order valence-electron chi connectivity index (χ0n) is 13.7. The quantitative estimate of drug-likeness (QED) is 0.800. The maximum atomic E-state index is 12.0. The molecule has 0 heterocycles. The van der Waals surface area contributed by atoms with Gasteiger partial charge in [0.25, 0.3) is 0 Å². The van der Waals surface area contributed by atoms with Crippen molar-refractivity contribution in [2.45, 2.75) is 13.5 Å². The van der Waals surface area contributed by atoms with Crippen LogP contribution in [-0.2, 0) is 20.9 Å². The van der Waals surface area contributed by atoms with Gasteiger partial charge in [0.15, 0.2) is 0 Å². The predicted octanol–water partition coefficient (Wildman–Crippen LogP) is 3.44. The summed E-state index contributed by atoms with van der Waals surface area (Å²) >= 11 is 0. The summed E-state index contributed by atoms with van der Waals surface area (Å²) in [5.41, 5.74) is 3.31. The number of nitrogens with one attached hydrogen (secondary N) is 2. The number of carbonyl (C=O) groups excluding carboxylic acids is 2. The molecule has 0 atom stereocenters. The smallest absolute Gasteiger partial charge is 0.248 e. The van der Waals surface area contributed by atoms with E-state index in [9.17, 15) is 9.59 Å². The van der Waals surface area contributed by atoms with Gasteiger partial charge in [-0.15, -0.1) is 0 Å². The molecule has 0 spiro atoms. The molecule has 5 heteroatoms. The molecule has 0 saturated carbocycles. The minimum Gasteiger partial charge on any atom is -0.380 e. The number of methoxy groups -OCH3 is 1. The first-order valence-electron chi connectivity index (χ1n) is 7.51. The topological polar surface area (TPSA) is 67.4 Å². The molecule has 0 aromatic heterocycles. The summed E-state index contributed by atoms with van der Waals surface area (Å²) in [7, 11) is 1.63. The molecule has 2 N–H and O–H groups in total. The lowest BCUT2D eigenvalue weighted by Gasteiger charge is -2.05. The Kier molecular flexibility index (Phi) is 6.28.